The number of halogens is 1. The Morgan fingerprint density at radius 2 is 2.14 bits per heavy atom. The second-order valence-corrected chi connectivity index (χ2v) is 5.04. The van der Waals surface area contributed by atoms with E-state index in [2.05, 4.69) is 21.0 Å². The van der Waals surface area contributed by atoms with Crippen molar-refractivity contribution < 1.29 is 14.3 Å². The molecule has 4 N–H and O–H groups in total. The van der Waals surface area contributed by atoms with Gasteiger partial charge in [-0.15, -0.1) is 0 Å². The Morgan fingerprint density at radius 3 is 2.76 bits per heavy atom. The van der Waals surface area contributed by atoms with Crippen molar-refractivity contribution >= 4 is 33.5 Å². The van der Waals surface area contributed by atoms with Crippen molar-refractivity contribution in [2.45, 2.75) is 6.92 Å². The third-order valence-corrected chi connectivity index (χ3v) is 3.18. The van der Waals surface area contributed by atoms with Crippen LogP contribution in [-0.4, -0.2) is 28.3 Å². The van der Waals surface area contributed by atoms with E-state index in [-0.39, 0.29) is 23.6 Å². The third kappa shape index (κ3) is 3.05. The molecule has 2 rings (SSSR count). The highest BCUT2D eigenvalue weighted by atomic mass is 79.9. The summed E-state index contributed by atoms with van der Waals surface area (Å²) in [5.41, 5.74) is 11.9. The summed E-state index contributed by atoms with van der Waals surface area (Å²) in [6.07, 6.45) is 1.43. The number of aromatic nitrogens is 2. The summed E-state index contributed by atoms with van der Waals surface area (Å²) in [7, 11) is 0. The number of anilines is 1. The van der Waals surface area contributed by atoms with Crippen LogP contribution in [0, 0.1) is 0 Å². The van der Waals surface area contributed by atoms with Crippen molar-refractivity contribution in [1.29, 1.82) is 0 Å². The second kappa shape index (κ2) is 5.96. The molecule has 0 aliphatic rings. The van der Waals surface area contributed by atoms with Gasteiger partial charge in [-0.2, -0.15) is 5.10 Å². The van der Waals surface area contributed by atoms with Gasteiger partial charge in [-0.3, -0.25) is 4.79 Å². The van der Waals surface area contributed by atoms with E-state index < -0.39 is 11.9 Å². The molecule has 21 heavy (non-hydrogen) atoms. The van der Waals surface area contributed by atoms with E-state index in [1.54, 1.807) is 25.1 Å². The van der Waals surface area contributed by atoms with Crippen LogP contribution in [0.15, 0.2) is 28.9 Å². The van der Waals surface area contributed by atoms with E-state index in [4.69, 9.17) is 16.2 Å². The first-order chi connectivity index (χ1) is 9.93. The number of amides is 1. The zero-order chi connectivity index (χ0) is 15.6. The van der Waals surface area contributed by atoms with Gasteiger partial charge in [0.05, 0.1) is 29.7 Å². The summed E-state index contributed by atoms with van der Waals surface area (Å²) in [5, 5.41) is 4.07. The van der Waals surface area contributed by atoms with Crippen LogP contribution < -0.4 is 11.5 Å². The number of ether oxygens (including phenoxy) is 1. The van der Waals surface area contributed by atoms with Crippen molar-refractivity contribution in [3.8, 4) is 5.69 Å². The molecule has 0 aliphatic carbocycles. The lowest BCUT2D eigenvalue weighted by Crippen LogP contribution is -2.15. The predicted octanol–water partition coefficient (Wildman–Crippen LogP) is 1.49. The predicted molar refractivity (Wildman–Crippen MR) is 80.2 cm³/mol. The molecule has 1 aromatic heterocycles. The van der Waals surface area contributed by atoms with Crippen molar-refractivity contribution in [3.63, 3.8) is 0 Å². The number of carbonyl (C=O) groups is 2. The van der Waals surface area contributed by atoms with Gasteiger partial charge in [0.25, 0.3) is 5.91 Å². The number of hydrogen-bond acceptors (Lipinski definition) is 5. The zero-order valence-electron chi connectivity index (χ0n) is 11.2. The highest BCUT2D eigenvalue weighted by molar-refractivity contribution is 9.10. The van der Waals surface area contributed by atoms with Crippen LogP contribution in [0.1, 0.15) is 27.8 Å². The van der Waals surface area contributed by atoms with E-state index in [0.29, 0.717) is 10.2 Å². The Hall–Kier alpha value is -2.35. The van der Waals surface area contributed by atoms with Gasteiger partial charge in [0.1, 0.15) is 0 Å². The van der Waals surface area contributed by atoms with E-state index in [0.717, 1.165) is 0 Å². The quantitative estimate of drug-likeness (QED) is 0.809. The molecular formula is C13H13BrN4O3. The maximum atomic E-state index is 11.7. The second-order valence-electron chi connectivity index (χ2n) is 4.12. The van der Waals surface area contributed by atoms with Gasteiger partial charge < -0.3 is 16.2 Å². The fraction of sp³-hybridized carbons (Fsp3) is 0.154. The molecule has 8 heteroatoms. The average Bonchev–Trinajstić information content (AvgIpc) is 2.80. The summed E-state index contributed by atoms with van der Waals surface area (Å²) in [6, 6.07) is 4.94. The first kappa shape index (κ1) is 15.0. The van der Waals surface area contributed by atoms with Crippen molar-refractivity contribution in [1.82, 2.24) is 9.78 Å². The number of carbonyl (C=O) groups excluding carboxylic acids is 2. The third-order valence-electron chi connectivity index (χ3n) is 2.68. The minimum Gasteiger partial charge on any atom is -0.461 e. The summed E-state index contributed by atoms with van der Waals surface area (Å²) in [4.78, 5) is 23.2. The molecule has 0 atom stereocenters. The molecule has 0 saturated carbocycles. The van der Waals surface area contributed by atoms with Crippen LogP contribution >= 0.6 is 15.9 Å². The van der Waals surface area contributed by atoms with Crippen LogP contribution in [0.4, 0.5) is 5.69 Å². The number of primary amides is 1. The van der Waals surface area contributed by atoms with Gasteiger partial charge in [-0.1, -0.05) is 15.9 Å². The van der Waals surface area contributed by atoms with E-state index in [1.165, 1.54) is 10.9 Å². The highest BCUT2D eigenvalue weighted by Crippen LogP contribution is 2.22. The van der Waals surface area contributed by atoms with Crippen molar-refractivity contribution in [3.05, 3.63) is 40.1 Å². The molecule has 0 spiro atoms. The van der Waals surface area contributed by atoms with Crippen LogP contribution in [0.3, 0.4) is 0 Å². The minimum absolute atomic E-state index is 0.00445. The van der Waals surface area contributed by atoms with Gasteiger partial charge in [-0.05, 0) is 25.1 Å². The van der Waals surface area contributed by atoms with Crippen LogP contribution in [0.5, 0.6) is 0 Å². The minimum atomic E-state index is -0.619. The number of hydrogen-bond donors (Lipinski definition) is 2. The van der Waals surface area contributed by atoms with Gasteiger partial charge in [0, 0.05) is 4.47 Å². The largest absolute Gasteiger partial charge is 0.461 e. The Bertz CT molecular complexity index is 711. The molecule has 0 bridgehead atoms. The van der Waals surface area contributed by atoms with Gasteiger partial charge >= 0.3 is 5.97 Å². The normalized spacial score (nSPS) is 10.4. The SMILES string of the molecule is CCOC(=O)c1nn(-c2ccc(Br)cc2C(N)=O)cc1N. The molecular weight excluding hydrogens is 340 g/mol. The maximum Gasteiger partial charge on any atom is 0.361 e. The van der Waals surface area contributed by atoms with Crippen molar-refractivity contribution in [2.24, 2.45) is 5.73 Å². The van der Waals surface area contributed by atoms with Crippen molar-refractivity contribution in [2.75, 3.05) is 12.3 Å². The number of esters is 1. The van der Waals surface area contributed by atoms with Crippen LogP contribution in [-0.2, 0) is 4.74 Å². The highest BCUT2D eigenvalue weighted by Gasteiger charge is 2.19. The lowest BCUT2D eigenvalue weighted by Gasteiger charge is -2.07. The number of nitrogen functional groups attached to an aromatic ring is 1. The van der Waals surface area contributed by atoms with Gasteiger partial charge in [-0.25, -0.2) is 9.48 Å². The van der Waals surface area contributed by atoms with Crippen LogP contribution in [0.25, 0.3) is 5.69 Å². The summed E-state index contributed by atoms with van der Waals surface area (Å²) in [6.45, 7) is 1.90. The molecule has 0 fully saturated rings. The molecule has 0 radical (unpaired) electrons. The molecule has 1 aromatic carbocycles. The van der Waals surface area contributed by atoms with E-state index in [1.807, 2.05) is 0 Å². The number of nitrogens with zero attached hydrogens (tertiary/aromatic N) is 2. The van der Waals surface area contributed by atoms with E-state index >= 15 is 0 Å². The monoisotopic (exact) mass is 352 g/mol. The fourth-order valence-electron chi connectivity index (χ4n) is 1.77. The molecule has 0 unspecified atom stereocenters. The summed E-state index contributed by atoms with van der Waals surface area (Å²) < 4.78 is 6.89. The molecule has 1 heterocycles. The zero-order valence-corrected chi connectivity index (χ0v) is 12.8. The number of benzene rings is 1. The Labute approximate surface area is 129 Å². The molecule has 0 aliphatic heterocycles. The fourth-order valence-corrected chi connectivity index (χ4v) is 2.14. The van der Waals surface area contributed by atoms with Crippen LogP contribution in [0.2, 0.25) is 0 Å². The summed E-state index contributed by atoms with van der Waals surface area (Å²) >= 11 is 3.26. The first-order valence-corrected chi connectivity index (χ1v) is 6.85. The molecule has 110 valence electrons. The Balaban J connectivity index is 2.51. The van der Waals surface area contributed by atoms with Gasteiger partial charge in [0.15, 0.2) is 5.69 Å². The van der Waals surface area contributed by atoms with Gasteiger partial charge in [0.2, 0.25) is 0 Å². The lowest BCUT2D eigenvalue weighted by molar-refractivity contribution is 0.0520. The lowest BCUT2D eigenvalue weighted by atomic mass is 10.1. The Kier molecular flexibility index (Phi) is 4.27. The molecule has 1 amide bonds. The summed E-state index contributed by atoms with van der Waals surface area (Å²) in [5.74, 6) is -1.23. The molecule has 0 saturated heterocycles. The Morgan fingerprint density at radius 1 is 1.43 bits per heavy atom. The standard InChI is InChI=1S/C13H13BrN4O3/c1-2-21-13(20)11-9(15)6-18(17-11)10-4-3-7(14)5-8(10)12(16)19/h3-6H,2,15H2,1H3,(H2,16,19). The number of nitrogens with two attached hydrogens (primary N) is 2. The smallest absolute Gasteiger partial charge is 0.361 e. The maximum absolute atomic E-state index is 11.7. The molecule has 7 nitrogen and oxygen atoms in total. The van der Waals surface area contributed by atoms with E-state index in [9.17, 15) is 9.59 Å². The first-order valence-electron chi connectivity index (χ1n) is 6.06. The average molecular weight is 353 g/mol. The number of rotatable bonds is 4. The topological polar surface area (TPSA) is 113 Å². The molecule has 2 aromatic rings.